The Labute approximate surface area is 154 Å². The van der Waals surface area contributed by atoms with Crippen molar-refractivity contribution in [3.8, 4) is 0 Å². The molecule has 4 heterocycles. The standard InChI is InChI=1S/C19H30N4OS/c1-15-21-17(13-25-15)12-22-8-2-16(3-9-22)18(24)23-10-5-19(6-11-23)4-7-20-14-19/h13,16,20H,2-12,14H2,1H3. The molecule has 0 saturated carbocycles. The molecule has 1 aromatic rings. The summed E-state index contributed by atoms with van der Waals surface area (Å²) in [5, 5.41) is 6.80. The van der Waals surface area contributed by atoms with Crippen molar-refractivity contribution in [2.75, 3.05) is 39.3 Å². The first-order valence-electron chi connectivity index (χ1n) is 9.76. The number of nitrogens with zero attached hydrogens (tertiary/aromatic N) is 3. The van der Waals surface area contributed by atoms with Gasteiger partial charge in [-0.2, -0.15) is 0 Å². The Morgan fingerprint density at radius 1 is 1.28 bits per heavy atom. The molecule has 1 spiro atoms. The molecular weight excluding hydrogens is 332 g/mol. The highest BCUT2D eigenvalue weighted by molar-refractivity contribution is 7.09. The summed E-state index contributed by atoms with van der Waals surface area (Å²) < 4.78 is 0. The third-order valence-corrected chi connectivity index (χ3v) is 7.28. The van der Waals surface area contributed by atoms with E-state index in [9.17, 15) is 4.79 Å². The van der Waals surface area contributed by atoms with Gasteiger partial charge in [-0.3, -0.25) is 9.69 Å². The quantitative estimate of drug-likeness (QED) is 0.896. The Kier molecular flexibility index (Phi) is 5.11. The van der Waals surface area contributed by atoms with Gasteiger partial charge >= 0.3 is 0 Å². The van der Waals surface area contributed by atoms with Gasteiger partial charge in [-0.25, -0.2) is 4.98 Å². The predicted octanol–water partition coefficient (Wildman–Crippen LogP) is 2.27. The lowest BCUT2D eigenvalue weighted by atomic mass is 9.77. The normalized spacial score (nSPS) is 24.9. The summed E-state index contributed by atoms with van der Waals surface area (Å²) in [6.45, 7) is 9.30. The van der Waals surface area contributed by atoms with Crippen molar-refractivity contribution in [3.63, 3.8) is 0 Å². The molecule has 5 nitrogen and oxygen atoms in total. The van der Waals surface area contributed by atoms with E-state index in [1.807, 2.05) is 0 Å². The lowest BCUT2D eigenvalue weighted by Gasteiger charge is -2.41. The minimum Gasteiger partial charge on any atom is -0.342 e. The molecule has 0 aliphatic carbocycles. The molecule has 0 unspecified atom stereocenters. The van der Waals surface area contributed by atoms with Crippen LogP contribution in [0.4, 0.5) is 0 Å². The van der Waals surface area contributed by atoms with Gasteiger partial charge in [0, 0.05) is 37.5 Å². The number of aryl methyl sites for hydroxylation is 1. The molecule has 138 valence electrons. The summed E-state index contributed by atoms with van der Waals surface area (Å²) in [5.74, 6) is 0.661. The van der Waals surface area contributed by atoms with Gasteiger partial charge in [-0.1, -0.05) is 0 Å². The van der Waals surface area contributed by atoms with Crippen LogP contribution in [-0.2, 0) is 11.3 Å². The number of carbonyl (C=O) groups excluding carboxylic acids is 1. The van der Waals surface area contributed by atoms with Gasteiger partial charge < -0.3 is 10.2 Å². The highest BCUT2D eigenvalue weighted by Crippen LogP contribution is 2.37. The first-order chi connectivity index (χ1) is 12.1. The van der Waals surface area contributed by atoms with Gasteiger partial charge in [-0.05, 0) is 64.1 Å². The summed E-state index contributed by atoms with van der Waals surface area (Å²) in [7, 11) is 0. The Morgan fingerprint density at radius 3 is 2.64 bits per heavy atom. The van der Waals surface area contributed by atoms with Crippen molar-refractivity contribution >= 4 is 17.2 Å². The zero-order valence-corrected chi connectivity index (χ0v) is 16.1. The molecule has 3 aliphatic heterocycles. The largest absolute Gasteiger partial charge is 0.342 e. The first kappa shape index (κ1) is 17.4. The minimum atomic E-state index is 0.240. The summed E-state index contributed by atoms with van der Waals surface area (Å²) in [4.78, 5) is 22.1. The smallest absolute Gasteiger partial charge is 0.225 e. The highest BCUT2D eigenvalue weighted by atomic mass is 32.1. The van der Waals surface area contributed by atoms with E-state index in [0.29, 0.717) is 11.3 Å². The fourth-order valence-corrected chi connectivity index (χ4v) is 5.33. The van der Waals surface area contributed by atoms with Crippen LogP contribution in [0.1, 0.15) is 42.8 Å². The summed E-state index contributed by atoms with van der Waals surface area (Å²) in [6.07, 6.45) is 5.68. The summed E-state index contributed by atoms with van der Waals surface area (Å²) in [6, 6.07) is 0. The molecule has 3 fully saturated rings. The van der Waals surface area contributed by atoms with Crippen LogP contribution in [0.25, 0.3) is 0 Å². The second-order valence-electron chi connectivity index (χ2n) is 8.16. The lowest BCUT2D eigenvalue weighted by Crippen LogP contribution is -2.48. The molecule has 0 bridgehead atoms. The van der Waals surface area contributed by atoms with Crippen LogP contribution in [0, 0.1) is 18.3 Å². The zero-order valence-electron chi connectivity index (χ0n) is 15.3. The van der Waals surface area contributed by atoms with E-state index in [1.54, 1.807) is 11.3 Å². The number of likely N-dealkylation sites (tertiary alicyclic amines) is 2. The van der Waals surface area contributed by atoms with Gasteiger partial charge in [0.1, 0.15) is 0 Å². The number of aromatic nitrogens is 1. The van der Waals surface area contributed by atoms with Crippen molar-refractivity contribution in [2.45, 2.75) is 45.6 Å². The third kappa shape index (κ3) is 3.91. The number of thiazole rings is 1. The van der Waals surface area contributed by atoms with Gasteiger partial charge in [0.2, 0.25) is 5.91 Å². The fourth-order valence-electron chi connectivity index (χ4n) is 4.73. The average Bonchev–Trinajstić information content (AvgIpc) is 3.25. The highest BCUT2D eigenvalue weighted by Gasteiger charge is 2.39. The minimum absolute atomic E-state index is 0.240. The second kappa shape index (κ2) is 7.33. The number of amides is 1. The number of rotatable bonds is 3. The summed E-state index contributed by atoms with van der Waals surface area (Å²) in [5.41, 5.74) is 1.67. The maximum absolute atomic E-state index is 12.9. The van der Waals surface area contributed by atoms with Gasteiger partial charge in [-0.15, -0.1) is 11.3 Å². The molecule has 3 saturated heterocycles. The van der Waals surface area contributed by atoms with Crippen LogP contribution < -0.4 is 5.32 Å². The number of piperidine rings is 2. The Balaban J connectivity index is 1.24. The second-order valence-corrected chi connectivity index (χ2v) is 9.22. The number of nitrogens with one attached hydrogen (secondary N) is 1. The molecule has 25 heavy (non-hydrogen) atoms. The van der Waals surface area contributed by atoms with Crippen LogP contribution in [0.3, 0.4) is 0 Å². The Bertz CT molecular complexity index is 592. The van der Waals surface area contributed by atoms with Crippen molar-refractivity contribution in [3.05, 3.63) is 16.1 Å². The Morgan fingerprint density at radius 2 is 2.04 bits per heavy atom. The van der Waals surface area contributed by atoms with Gasteiger partial charge in [0.25, 0.3) is 0 Å². The molecule has 1 N–H and O–H groups in total. The van der Waals surface area contributed by atoms with E-state index < -0.39 is 0 Å². The molecule has 1 amide bonds. The number of carbonyl (C=O) groups is 1. The maximum Gasteiger partial charge on any atom is 0.225 e. The first-order valence-corrected chi connectivity index (χ1v) is 10.6. The molecule has 3 aliphatic rings. The SMILES string of the molecule is Cc1nc(CN2CCC(C(=O)N3CCC4(CCNC4)CC3)CC2)cs1. The van der Waals surface area contributed by atoms with Crippen molar-refractivity contribution < 1.29 is 4.79 Å². The monoisotopic (exact) mass is 362 g/mol. The number of hydrogen-bond donors (Lipinski definition) is 1. The molecule has 6 heteroatoms. The van der Waals surface area contributed by atoms with Gasteiger partial charge in [0.05, 0.1) is 10.7 Å². The van der Waals surface area contributed by atoms with Crippen LogP contribution in [0.5, 0.6) is 0 Å². The fraction of sp³-hybridized carbons (Fsp3) is 0.789. The summed E-state index contributed by atoms with van der Waals surface area (Å²) >= 11 is 1.72. The molecule has 1 aromatic heterocycles. The lowest BCUT2D eigenvalue weighted by molar-refractivity contribution is -0.139. The van der Waals surface area contributed by atoms with E-state index in [1.165, 1.54) is 25.0 Å². The average molecular weight is 363 g/mol. The molecular formula is C19H30N4OS. The van der Waals surface area contributed by atoms with E-state index in [4.69, 9.17) is 0 Å². The molecule has 0 radical (unpaired) electrons. The maximum atomic E-state index is 12.9. The predicted molar refractivity (Wildman–Crippen MR) is 101 cm³/mol. The topological polar surface area (TPSA) is 48.5 Å². The van der Waals surface area contributed by atoms with Crippen LogP contribution in [0.2, 0.25) is 0 Å². The molecule has 0 aromatic carbocycles. The Hall–Kier alpha value is -0.980. The molecule has 0 atom stereocenters. The van der Waals surface area contributed by atoms with E-state index >= 15 is 0 Å². The molecule has 4 rings (SSSR count). The van der Waals surface area contributed by atoms with Gasteiger partial charge in [0.15, 0.2) is 0 Å². The third-order valence-electron chi connectivity index (χ3n) is 6.46. The van der Waals surface area contributed by atoms with E-state index in [0.717, 1.165) is 63.7 Å². The van der Waals surface area contributed by atoms with E-state index in [-0.39, 0.29) is 5.92 Å². The van der Waals surface area contributed by atoms with Crippen molar-refractivity contribution in [2.24, 2.45) is 11.3 Å². The van der Waals surface area contributed by atoms with Crippen LogP contribution in [-0.4, -0.2) is 60.0 Å². The van der Waals surface area contributed by atoms with E-state index in [2.05, 4.69) is 32.4 Å². The van der Waals surface area contributed by atoms with Crippen molar-refractivity contribution in [1.82, 2.24) is 20.1 Å². The van der Waals surface area contributed by atoms with Crippen LogP contribution in [0.15, 0.2) is 5.38 Å². The van der Waals surface area contributed by atoms with Crippen LogP contribution >= 0.6 is 11.3 Å². The zero-order chi connectivity index (χ0) is 17.3. The number of hydrogen-bond acceptors (Lipinski definition) is 5. The van der Waals surface area contributed by atoms with Crippen molar-refractivity contribution in [1.29, 1.82) is 0 Å².